The second-order valence-corrected chi connectivity index (χ2v) is 6.74. The third-order valence-corrected chi connectivity index (χ3v) is 4.87. The number of hydrogen-bond acceptors (Lipinski definition) is 3. The van der Waals surface area contributed by atoms with Crippen LogP contribution in [-0.2, 0) is 6.42 Å². The molecule has 0 bridgehead atoms. The van der Waals surface area contributed by atoms with Crippen molar-refractivity contribution in [2.75, 3.05) is 11.9 Å². The molecule has 2 amide bonds. The second kappa shape index (κ2) is 7.41. The molecule has 130 valence electrons. The molecule has 0 saturated heterocycles. The SMILES string of the molecule is O=C(NCCc1ccccc1)Nc1n[nH]c2cc(-c3ccsc3)ccc12. The summed E-state index contributed by atoms with van der Waals surface area (Å²) in [6, 6.07) is 18.0. The number of fused-ring (bicyclic) bond motifs is 1. The molecule has 2 heterocycles. The topological polar surface area (TPSA) is 69.8 Å². The first-order valence-corrected chi connectivity index (χ1v) is 9.33. The summed E-state index contributed by atoms with van der Waals surface area (Å²) in [5.74, 6) is 0.536. The first kappa shape index (κ1) is 16.4. The van der Waals surface area contributed by atoms with Gasteiger partial charge in [-0.15, -0.1) is 0 Å². The minimum atomic E-state index is -0.253. The van der Waals surface area contributed by atoms with Crippen LogP contribution in [0.3, 0.4) is 0 Å². The zero-order chi connectivity index (χ0) is 17.8. The molecule has 3 N–H and O–H groups in total. The number of anilines is 1. The molecule has 6 heteroatoms. The molecule has 0 aliphatic rings. The highest BCUT2D eigenvalue weighted by Gasteiger charge is 2.10. The Morgan fingerprint density at radius 1 is 1.08 bits per heavy atom. The number of hydrogen-bond donors (Lipinski definition) is 3. The number of aromatic amines is 1. The van der Waals surface area contributed by atoms with Crippen molar-refractivity contribution >= 4 is 34.1 Å². The van der Waals surface area contributed by atoms with Gasteiger partial charge in [-0.2, -0.15) is 16.4 Å². The van der Waals surface area contributed by atoms with Gasteiger partial charge in [-0.3, -0.25) is 10.4 Å². The quantitative estimate of drug-likeness (QED) is 0.483. The van der Waals surface area contributed by atoms with Crippen LogP contribution in [0, 0.1) is 0 Å². The zero-order valence-corrected chi connectivity index (χ0v) is 14.8. The van der Waals surface area contributed by atoms with E-state index in [1.54, 1.807) is 11.3 Å². The van der Waals surface area contributed by atoms with Crippen LogP contribution in [0.15, 0.2) is 65.4 Å². The molecular formula is C20H18N4OS. The van der Waals surface area contributed by atoms with Gasteiger partial charge in [0, 0.05) is 11.9 Å². The number of nitrogens with zero attached hydrogens (tertiary/aromatic N) is 1. The van der Waals surface area contributed by atoms with Crippen LogP contribution in [-0.4, -0.2) is 22.8 Å². The predicted octanol–water partition coefficient (Wildman–Crippen LogP) is 4.66. The fourth-order valence-electron chi connectivity index (χ4n) is 2.84. The standard InChI is InChI=1S/C20H18N4OS/c25-20(21-10-8-14-4-2-1-3-5-14)22-19-17-7-6-15(12-18(17)23-24-19)16-9-11-26-13-16/h1-7,9,11-13H,8,10H2,(H3,21,22,23,24,25). The van der Waals surface area contributed by atoms with Gasteiger partial charge < -0.3 is 5.32 Å². The van der Waals surface area contributed by atoms with Gasteiger partial charge in [-0.05, 0) is 52.1 Å². The number of aromatic nitrogens is 2. The van der Waals surface area contributed by atoms with E-state index >= 15 is 0 Å². The number of rotatable bonds is 5. The Balaban J connectivity index is 1.40. The minimum absolute atomic E-state index is 0.253. The van der Waals surface area contributed by atoms with Crippen molar-refractivity contribution in [3.8, 4) is 11.1 Å². The Morgan fingerprint density at radius 3 is 2.77 bits per heavy atom. The van der Waals surface area contributed by atoms with Gasteiger partial charge in [0.25, 0.3) is 0 Å². The number of H-pyrrole nitrogens is 1. The molecule has 0 aliphatic heterocycles. The van der Waals surface area contributed by atoms with Gasteiger partial charge in [0.1, 0.15) is 0 Å². The monoisotopic (exact) mass is 362 g/mol. The summed E-state index contributed by atoms with van der Waals surface area (Å²) >= 11 is 1.67. The third-order valence-electron chi connectivity index (χ3n) is 4.19. The van der Waals surface area contributed by atoms with Crippen LogP contribution < -0.4 is 10.6 Å². The van der Waals surface area contributed by atoms with Crippen molar-refractivity contribution in [3.05, 3.63) is 70.9 Å². The van der Waals surface area contributed by atoms with Gasteiger partial charge in [0.05, 0.1) is 5.52 Å². The predicted molar refractivity (Wildman–Crippen MR) is 107 cm³/mol. The Bertz CT molecular complexity index is 1010. The summed E-state index contributed by atoms with van der Waals surface area (Å²) in [6.45, 7) is 0.570. The number of urea groups is 1. The van der Waals surface area contributed by atoms with Gasteiger partial charge >= 0.3 is 6.03 Å². The number of benzene rings is 2. The summed E-state index contributed by atoms with van der Waals surface area (Å²) in [4.78, 5) is 12.1. The molecule has 0 unspecified atom stereocenters. The molecule has 2 aromatic carbocycles. The Labute approximate surface area is 155 Å². The van der Waals surface area contributed by atoms with Crippen LogP contribution in [0.2, 0.25) is 0 Å². The molecule has 0 atom stereocenters. The number of carbonyl (C=O) groups excluding carboxylic acids is 1. The fraction of sp³-hybridized carbons (Fsp3) is 0.100. The van der Waals surface area contributed by atoms with E-state index < -0.39 is 0 Å². The lowest BCUT2D eigenvalue weighted by molar-refractivity contribution is 0.252. The molecular weight excluding hydrogens is 344 g/mol. The maximum absolute atomic E-state index is 12.1. The molecule has 4 rings (SSSR count). The average molecular weight is 362 g/mol. The number of amides is 2. The lowest BCUT2D eigenvalue weighted by Crippen LogP contribution is -2.30. The number of carbonyl (C=O) groups is 1. The fourth-order valence-corrected chi connectivity index (χ4v) is 3.50. The van der Waals surface area contributed by atoms with Gasteiger partial charge in [0.15, 0.2) is 5.82 Å². The van der Waals surface area contributed by atoms with E-state index in [0.717, 1.165) is 22.9 Å². The molecule has 2 aromatic heterocycles. The molecule has 26 heavy (non-hydrogen) atoms. The summed E-state index contributed by atoms with van der Waals surface area (Å²) in [5.41, 5.74) is 4.40. The van der Waals surface area contributed by atoms with Crippen molar-refractivity contribution in [3.63, 3.8) is 0 Å². The van der Waals surface area contributed by atoms with E-state index in [1.807, 2.05) is 48.5 Å². The van der Waals surface area contributed by atoms with Crippen LogP contribution >= 0.6 is 11.3 Å². The smallest absolute Gasteiger partial charge is 0.320 e. The first-order valence-electron chi connectivity index (χ1n) is 8.39. The lowest BCUT2D eigenvalue weighted by Gasteiger charge is -2.06. The normalized spacial score (nSPS) is 10.8. The molecule has 5 nitrogen and oxygen atoms in total. The van der Waals surface area contributed by atoms with E-state index in [4.69, 9.17) is 0 Å². The average Bonchev–Trinajstić information content (AvgIpc) is 3.33. The number of thiophene rings is 1. The van der Waals surface area contributed by atoms with Gasteiger partial charge in [0.2, 0.25) is 0 Å². The van der Waals surface area contributed by atoms with Crippen LogP contribution in [0.1, 0.15) is 5.56 Å². The molecule has 0 saturated carbocycles. The van der Waals surface area contributed by atoms with Gasteiger partial charge in [-0.25, -0.2) is 4.79 Å². The van der Waals surface area contributed by atoms with Crippen LogP contribution in [0.25, 0.3) is 22.0 Å². The molecule has 0 fully saturated rings. The highest BCUT2D eigenvalue weighted by atomic mass is 32.1. The van der Waals surface area contributed by atoms with E-state index in [2.05, 4.69) is 37.7 Å². The van der Waals surface area contributed by atoms with E-state index in [1.165, 1.54) is 11.1 Å². The Morgan fingerprint density at radius 2 is 1.96 bits per heavy atom. The lowest BCUT2D eigenvalue weighted by atomic mass is 10.1. The van der Waals surface area contributed by atoms with Crippen molar-refractivity contribution < 1.29 is 4.79 Å². The maximum Gasteiger partial charge on any atom is 0.320 e. The highest BCUT2D eigenvalue weighted by Crippen LogP contribution is 2.28. The Hall–Kier alpha value is -3.12. The van der Waals surface area contributed by atoms with Crippen LogP contribution in [0.4, 0.5) is 10.6 Å². The zero-order valence-electron chi connectivity index (χ0n) is 14.0. The third kappa shape index (κ3) is 3.60. The van der Waals surface area contributed by atoms with E-state index in [0.29, 0.717) is 12.4 Å². The second-order valence-electron chi connectivity index (χ2n) is 5.96. The molecule has 4 aromatic rings. The van der Waals surface area contributed by atoms with Crippen molar-refractivity contribution in [1.82, 2.24) is 15.5 Å². The first-order chi connectivity index (χ1) is 12.8. The summed E-state index contributed by atoms with van der Waals surface area (Å²) < 4.78 is 0. The maximum atomic E-state index is 12.1. The molecule has 0 aliphatic carbocycles. The van der Waals surface area contributed by atoms with Crippen LogP contribution in [0.5, 0.6) is 0 Å². The molecule has 0 spiro atoms. The Kier molecular flexibility index (Phi) is 4.66. The van der Waals surface area contributed by atoms with E-state index in [9.17, 15) is 4.79 Å². The largest absolute Gasteiger partial charge is 0.337 e. The summed E-state index contributed by atoms with van der Waals surface area (Å²) in [5, 5.41) is 18.0. The summed E-state index contributed by atoms with van der Waals surface area (Å²) in [7, 11) is 0. The highest BCUT2D eigenvalue weighted by molar-refractivity contribution is 7.08. The van der Waals surface area contributed by atoms with Crippen molar-refractivity contribution in [2.24, 2.45) is 0 Å². The van der Waals surface area contributed by atoms with Crippen molar-refractivity contribution in [2.45, 2.75) is 6.42 Å². The minimum Gasteiger partial charge on any atom is -0.337 e. The van der Waals surface area contributed by atoms with E-state index in [-0.39, 0.29) is 6.03 Å². The summed E-state index contributed by atoms with van der Waals surface area (Å²) in [6.07, 6.45) is 0.791. The molecule has 0 radical (unpaired) electrons. The number of nitrogens with one attached hydrogen (secondary N) is 3. The van der Waals surface area contributed by atoms with Gasteiger partial charge in [-0.1, -0.05) is 36.4 Å². The van der Waals surface area contributed by atoms with Crippen molar-refractivity contribution in [1.29, 1.82) is 0 Å².